The van der Waals surface area contributed by atoms with Crippen molar-refractivity contribution in [2.24, 2.45) is 0 Å². The van der Waals surface area contributed by atoms with Crippen LogP contribution < -0.4 is 0 Å². The van der Waals surface area contributed by atoms with Crippen LogP contribution in [0.5, 0.6) is 0 Å². The van der Waals surface area contributed by atoms with Gasteiger partial charge in [0.05, 0.1) is 30.7 Å². The van der Waals surface area contributed by atoms with Crippen molar-refractivity contribution >= 4 is 22.7 Å². The molecule has 7 heterocycles. The van der Waals surface area contributed by atoms with Crippen LogP contribution in [-0.2, 0) is 38.5 Å². The molecular formula is C86H122N6O2S2. The third-order valence-corrected chi connectivity index (χ3v) is 13.7. The van der Waals surface area contributed by atoms with Crippen molar-refractivity contribution in [2.45, 2.75) is 191 Å². The van der Waals surface area contributed by atoms with Crippen LogP contribution >= 0.6 is 22.7 Å². The van der Waals surface area contributed by atoms with E-state index in [0.29, 0.717) is 0 Å². The first-order chi connectivity index (χ1) is 44.1. The van der Waals surface area contributed by atoms with Crippen LogP contribution in [0.15, 0.2) is 274 Å². The summed E-state index contributed by atoms with van der Waals surface area (Å²) in [4.78, 5) is 25.5. The molecule has 0 atom stereocenters. The molecule has 7 aromatic heterocycles. The maximum absolute atomic E-state index is 4.58. The highest BCUT2D eigenvalue weighted by molar-refractivity contribution is 7.08. The largest absolute Gasteiger partial charge is 0.473 e. The van der Waals surface area contributed by atoms with Gasteiger partial charge in [-0.1, -0.05) is 274 Å². The maximum atomic E-state index is 4.58. The summed E-state index contributed by atoms with van der Waals surface area (Å²) >= 11 is 3.43. The summed E-state index contributed by atoms with van der Waals surface area (Å²) in [5, 5.41) is 8.17. The first-order valence-corrected chi connectivity index (χ1v) is 33.6. The van der Waals surface area contributed by atoms with Crippen LogP contribution in [0.25, 0.3) is 22.4 Å². The first kappa shape index (κ1) is 93.7. The average molecular weight is 1340 g/mol. The maximum Gasteiger partial charge on any atom is 0.128 e. The summed E-state index contributed by atoms with van der Waals surface area (Å²) in [7, 11) is 0. The summed E-state index contributed by atoms with van der Waals surface area (Å²) in [6, 6.07) is 68.2. The molecule has 96 heavy (non-hydrogen) atoms. The highest BCUT2D eigenvalue weighted by atomic mass is 32.1. The minimum Gasteiger partial charge on any atom is -0.473 e. The Morgan fingerprint density at radius 1 is 0.292 bits per heavy atom. The lowest BCUT2D eigenvalue weighted by atomic mass is 10.0. The topological polar surface area (TPSA) is 104 Å². The van der Waals surface area contributed by atoms with Crippen LogP contribution in [0, 0.1) is 27.7 Å². The summed E-state index contributed by atoms with van der Waals surface area (Å²) in [6.45, 7) is 21.3. The molecule has 0 saturated heterocycles. The van der Waals surface area contributed by atoms with E-state index in [-0.39, 0.29) is 44.6 Å². The van der Waals surface area contributed by atoms with Crippen LogP contribution in [0.1, 0.15) is 181 Å². The number of aromatic nitrogens is 6. The fourth-order valence-electron chi connectivity index (χ4n) is 8.25. The lowest BCUT2D eigenvalue weighted by Crippen LogP contribution is -1.95. The number of thiophene rings is 2. The molecule has 0 aliphatic heterocycles. The standard InChI is InChI=1S/C15H16.C13H14N2.2C10H14.2C8H12N2.2C4H4O.2C4H4S.6CH4/c1-2-7-13-8-6-11-15(12-13)14-9-4-3-5-10-14;1-2-6-13-14-10-9-12(15-13)11-7-4-3-5-8-11;2*1-3-5-10-7-4-6-9(2)8-10;2*1-3-4-8-9-6-5-7(2)10-8;4*1-2-4-5-3-1;;;;;;/h3-6,8-12H,2,7H2,1H3;3-5,7-10H,2,6H2,1H3;2*4,6-8H,3,5H2,1-2H3;2*5-6H,3-4H2,1-2H3;4*1-4H;6*1H4. The summed E-state index contributed by atoms with van der Waals surface area (Å²) in [5.74, 6) is 2.85. The molecule has 0 amide bonds. The predicted octanol–water partition coefficient (Wildman–Crippen LogP) is 26.6. The molecular weight excluding hydrogens is 1210 g/mol. The lowest BCUT2D eigenvalue weighted by Gasteiger charge is -2.04. The van der Waals surface area contributed by atoms with E-state index < -0.39 is 0 Å². The number of furan rings is 2. The Kier molecular flexibility index (Phi) is 62.2. The molecule has 12 aromatic rings. The van der Waals surface area contributed by atoms with Crippen molar-refractivity contribution in [3.63, 3.8) is 0 Å². The van der Waals surface area contributed by atoms with Gasteiger partial charge < -0.3 is 8.83 Å². The zero-order valence-corrected chi connectivity index (χ0v) is 56.8. The molecule has 12 rings (SSSR count). The fraction of sp³-hybridized carbons (Fsp3) is 0.326. The van der Waals surface area contributed by atoms with E-state index in [1.807, 2.05) is 139 Å². The van der Waals surface area contributed by atoms with Crippen molar-refractivity contribution in [3.05, 3.63) is 322 Å². The van der Waals surface area contributed by atoms with E-state index in [0.717, 1.165) is 78.6 Å². The Morgan fingerprint density at radius 3 is 0.927 bits per heavy atom. The quantitative estimate of drug-likeness (QED) is 0.106. The van der Waals surface area contributed by atoms with Gasteiger partial charge >= 0.3 is 0 Å². The average Bonchev–Trinajstić information content (AvgIpc) is 1.20. The Balaban J connectivity index is -0.000000497. The van der Waals surface area contributed by atoms with Crippen molar-refractivity contribution in [1.82, 2.24) is 29.9 Å². The van der Waals surface area contributed by atoms with Crippen LogP contribution in [-0.4, -0.2) is 29.9 Å². The third kappa shape index (κ3) is 47.2. The van der Waals surface area contributed by atoms with Gasteiger partial charge in [0.15, 0.2) is 0 Å². The number of hydrogen-bond acceptors (Lipinski definition) is 10. The molecule has 0 N–H and O–H groups in total. The van der Waals surface area contributed by atoms with Gasteiger partial charge in [-0.05, 0) is 158 Å². The van der Waals surface area contributed by atoms with E-state index in [1.165, 1.54) is 77.5 Å². The highest BCUT2D eigenvalue weighted by Crippen LogP contribution is 2.21. The molecule has 0 saturated carbocycles. The van der Waals surface area contributed by atoms with E-state index >= 15 is 0 Å². The Labute approximate surface area is 593 Å². The SMILES string of the molecule is C.C.C.C.C.C.CCCc1cccc(-c2ccccc2)c1.CCCc1cccc(C)c1.CCCc1cccc(C)c1.CCCc1nccc(-c2ccccc2)n1.CCCc1nccc(C)n1.CCCc1nccc(C)n1.c1ccoc1.c1ccoc1.c1ccsc1.c1ccsc1. The molecule has 520 valence electrons. The van der Waals surface area contributed by atoms with Gasteiger partial charge in [0.1, 0.15) is 17.5 Å². The Bertz CT molecular complexity index is 3020. The van der Waals surface area contributed by atoms with Gasteiger partial charge in [-0.2, -0.15) is 22.7 Å². The van der Waals surface area contributed by atoms with Gasteiger partial charge in [0.2, 0.25) is 0 Å². The molecule has 0 aliphatic rings. The normalized spacial score (nSPS) is 8.94. The van der Waals surface area contributed by atoms with Gasteiger partial charge in [0.25, 0.3) is 0 Å². The van der Waals surface area contributed by atoms with Crippen molar-refractivity contribution in [2.75, 3.05) is 0 Å². The summed E-state index contributed by atoms with van der Waals surface area (Å²) in [5.41, 5.74) is 14.0. The molecule has 0 fully saturated rings. The Morgan fingerprint density at radius 2 is 0.615 bits per heavy atom. The van der Waals surface area contributed by atoms with Gasteiger partial charge in [-0.15, -0.1) is 0 Å². The summed E-state index contributed by atoms with van der Waals surface area (Å²) in [6.07, 6.45) is 25.5. The van der Waals surface area contributed by atoms with Crippen LogP contribution in [0.3, 0.4) is 0 Å². The summed E-state index contributed by atoms with van der Waals surface area (Å²) < 4.78 is 9.17. The molecule has 5 aromatic carbocycles. The predicted molar refractivity (Wildman–Crippen MR) is 426 cm³/mol. The van der Waals surface area contributed by atoms with E-state index in [2.05, 4.69) is 209 Å². The van der Waals surface area contributed by atoms with Crippen molar-refractivity contribution in [1.29, 1.82) is 0 Å². The third-order valence-electron chi connectivity index (χ3n) is 12.4. The fourth-order valence-corrected chi connectivity index (χ4v) is 9.16. The number of aryl methyl sites for hydroxylation is 10. The second kappa shape index (κ2) is 63.7. The first-order valence-electron chi connectivity index (χ1n) is 31.7. The minimum atomic E-state index is 0. The van der Waals surface area contributed by atoms with Crippen molar-refractivity contribution < 1.29 is 8.83 Å². The van der Waals surface area contributed by atoms with Crippen LogP contribution in [0.4, 0.5) is 0 Å². The molecule has 0 spiro atoms. The van der Waals surface area contributed by atoms with E-state index in [9.17, 15) is 0 Å². The number of nitrogens with zero attached hydrogens (tertiary/aromatic N) is 6. The van der Waals surface area contributed by atoms with Crippen LogP contribution in [0.2, 0.25) is 0 Å². The minimum absolute atomic E-state index is 0. The molecule has 0 bridgehead atoms. The number of hydrogen-bond donors (Lipinski definition) is 0. The van der Waals surface area contributed by atoms with E-state index in [1.54, 1.807) is 47.7 Å². The smallest absolute Gasteiger partial charge is 0.128 e. The van der Waals surface area contributed by atoms with Gasteiger partial charge in [-0.3, -0.25) is 0 Å². The van der Waals surface area contributed by atoms with E-state index in [4.69, 9.17) is 0 Å². The zero-order chi connectivity index (χ0) is 64.8. The van der Waals surface area contributed by atoms with Crippen molar-refractivity contribution in [3.8, 4) is 22.4 Å². The number of rotatable bonds is 14. The van der Waals surface area contributed by atoms with Gasteiger partial charge in [-0.25, -0.2) is 29.9 Å². The second-order valence-electron chi connectivity index (χ2n) is 20.7. The molecule has 0 radical (unpaired) electrons. The second-order valence-corrected chi connectivity index (χ2v) is 22.3. The highest BCUT2D eigenvalue weighted by Gasteiger charge is 2.01. The monoisotopic (exact) mass is 1330 g/mol. The molecule has 10 heteroatoms. The van der Waals surface area contributed by atoms with Gasteiger partial charge in [0, 0.05) is 54.8 Å². The lowest BCUT2D eigenvalue weighted by molar-refractivity contribution is 0.567. The number of benzene rings is 5. The molecule has 8 nitrogen and oxygen atoms in total. The zero-order valence-electron chi connectivity index (χ0n) is 55.2. The Hall–Kier alpha value is -8.70. The molecule has 0 aliphatic carbocycles. The molecule has 0 unspecified atom stereocenters.